The number of rotatable bonds is 3. The summed E-state index contributed by atoms with van der Waals surface area (Å²) >= 11 is 13.7. The molecule has 3 nitrogen and oxygen atoms in total. The predicted octanol–water partition coefficient (Wildman–Crippen LogP) is 3.88. The fourth-order valence-electron chi connectivity index (χ4n) is 2.72. The molecule has 0 spiro atoms. The fraction of sp³-hybridized carbons (Fsp3) is 0.267. The van der Waals surface area contributed by atoms with Gasteiger partial charge >= 0.3 is 0 Å². The standard InChI is InChI=1S/C15H14Cl2N2OS/c1-18-14(10-7-12(16)21-15(10)17)8-3-4-11-9(5-8)6-13(20)19(11)2/h3-5,7,14,18H,6H2,1-2H3. The second-order valence-electron chi connectivity index (χ2n) is 5.02. The summed E-state index contributed by atoms with van der Waals surface area (Å²) in [4.78, 5) is 13.5. The zero-order valence-corrected chi connectivity index (χ0v) is 13.9. The van der Waals surface area contributed by atoms with Crippen LogP contribution < -0.4 is 10.2 Å². The smallest absolute Gasteiger partial charge is 0.231 e. The van der Waals surface area contributed by atoms with Gasteiger partial charge in [-0.1, -0.05) is 35.3 Å². The number of thiophene rings is 1. The number of benzene rings is 1. The van der Waals surface area contributed by atoms with Gasteiger partial charge in [-0.05, 0) is 30.3 Å². The minimum atomic E-state index is -0.0347. The normalized spacial score (nSPS) is 15.4. The topological polar surface area (TPSA) is 32.3 Å². The van der Waals surface area contributed by atoms with Crippen LogP contribution in [0.4, 0.5) is 5.69 Å². The summed E-state index contributed by atoms with van der Waals surface area (Å²) in [6.45, 7) is 0. The lowest BCUT2D eigenvalue weighted by atomic mass is 9.98. The van der Waals surface area contributed by atoms with Crippen LogP contribution in [0.3, 0.4) is 0 Å². The summed E-state index contributed by atoms with van der Waals surface area (Å²) in [5, 5.41) is 3.27. The van der Waals surface area contributed by atoms with Gasteiger partial charge in [0.1, 0.15) is 0 Å². The average Bonchev–Trinajstić information content (AvgIpc) is 2.91. The number of nitrogens with zero attached hydrogens (tertiary/aromatic N) is 1. The van der Waals surface area contributed by atoms with Crippen molar-refractivity contribution in [2.45, 2.75) is 12.5 Å². The first-order valence-electron chi connectivity index (χ1n) is 6.52. The molecule has 0 aliphatic carbocycles. The Balaban J connectivity index is 2.02. The molecule has 1 atom stereocenters. The van der Waals surface area contributed by atoms with Crippen LogP contribution in [0.1, 0.15) is 22.7 Å². The summed E-state index contributed by atoms with van der Waals surface area (Å²) < 4.78 is 1.36. The van der Waals surface area contributed by atoms with Crippen molar-refractivity contribution in [2.75, 3.05) is 19.0 Å². The van der Waals surface area contributed by atoms with Gasteiger partial charge in [0.2, 0.25) is 5.91 Å². The molecule has 1 aromatic heterocycles. The highest BCUT2D eigenvalue weighted by molar-refractivity contribution is 7.20. The largest absolute Gasteiger partial charge is 0.315 e. The highest BCUT2D eigenvalue weighted by Gasteiger charge is 2.26. The number of carbonyl (C=O) groups is 1. The van der Waals surface area contributed by atoms with E-state index in [4.69, 9.17) is 23.2 Å². The SMILES string of the molecule is CNC(c1ccc2c(c1)CC(=O)N2C)c1cc(Cl)sc1Cl. The number of fused-ring (bicyclic) bond motifs is 1. The van der Waals surface area contributed by atoms with E-state index < -0.39 is 0 Å². The molecule has 0 radical (unpaired) electrons. The zero-order chi connectivity index (χ0) is 15.1. The molecule has 1 aromatic carbocycles. The number of likely N-dealkylation sites (N-methyl/N-ethyl adjacent to an activating group) is 1. The van der Waals surface area contributed by atoms with Crippen molar-refractivity contribution in [3.05, 3.63) is 49.6 Å². The van der Waals surface area contributed by atoms with Gasteiger partial charge in [-0.25, -0.2) is 0 Å². The van der Waals surface area contributed by atoms with E-state index in [2.05, 4.69) is 11.4 Å². The molecular formula is C15H14Cl2N2OS. The third kappa shape index (κ3) is 2.57. The van der Waals surface area contributed by atoms with Crippen LogP contribution in [-0.2, 0) is 11.2 Å². The van der Waals surface area contributed by atoms with Crippen LogP contribution >= 0.6 is 34.5 Å². The molecular weight excluding hydrogens is 327 g/mol. The van der Waals surface area contributed by atoms with E-state index >= 15 is 0 Å². The molecule has 1 aliphatic rings. The van der Waals surface area contributed by atoms with Gasteiger partial charge < -0.3 is 10.2 Å². The fourth-order valence-corrected chi connectivity index (χ4v) is 4.25. The van der Waals surface area contributed by atoms with Crippen molar-refractivity contribution >= 4 is 46.1 Å². The first kappa shape index (κ1) is 14.9. The highest BCUT2D eigenvalue weighted by Crippen LogP contribution is 2.39. The molecule has 0 saturated carbocycles. The molecule has 0 fully saturated rings. The van der Waals surface area contributed by atoms with Crippen molar-refractivity contribution < 1.29 is 4.79 Å². The lowest BCUT2D eigenvalue weighted by Gasteiger charge is -2.18. The van der Waals surface area contributed by atoms with Crippen molar-refractivity contribution in [2.24, 2.45) is 0 Å². The average molecular weight is 341 g/mol. The van der Waals surface area contributed by atoms with Gasteiger partial charge in [0.25, 0.3) is 0 Å². The molecule has 2 heterocycles. The monoisotopic (exact) mass is 340 g/mol. The number of hydrogen-bond acceptors (Lipinski definition) is 3. The van der Waals surface area contributed by atoms with Crippen LogP contribution in [0.15, 0.2) is 24.3 Å². The van der Waals surface area contributed by atoms with Gasteiger partial charge in [0.05, 0.1) is 21.1 Å². The minimum Gasteiger partial charge on any atom is -0.315 e. The van der Waals surface area contributed by atoms with Crippen LogP contribution in [0.5, 0.6) is 0 Å². The molecule has 2 aromatic rings. The lowest BCUT2D eigenvalue weighted by Crippen LogP contribution is -2.20. The summed E-state index contributed by atoms with van der Waals surface area (Å²) in [5.41, 5.74) is 4.08. The van der Waals surface area contributed by atoms with Crippen LogP contribution in [-0.4, -0.2) is 20.0 Å². The molecule has 0 saturated heterocycles. The van der Waals surface area contributed by atoms with Gasteiger partial charge in [-0.3, -0.25) is 4.79 Å². The Morgan fingerprint density at radius 1 is 1.33 bits per heavy atom. The Morgan fingerprint density at radius 2 is 2.10 bits per heavy atom. The number of anilines is 1. The van der Waals surface area contributed by atoms with E-state index in [1.807, 2.05) is 25.2 Å². The summed E-state index contributed by atoms with van der Waals surface area (Å²) in [5.74, 6) is 0.125. The van der Waals surface area contributed by atoms with Gasteiger partial charge in [-0.15, -0.1) is 11.3 Å². The van der Waals surface area contributed by atoms with Gasteiger partial charge in [0, 0.05) is 18.3 Å². The molecule has 1 amide bonds. The Labute approximate surface area is 137 Å². The van der Waals surface area contributed by atoms with Gasteiger partial charge in [0.15, 0.2) is 0 Å². The molecule has 0 bridgehead atoms. The quantitative estimate of drug-likeness (QED) is 0.919. The maximum atomic E-state index is 11.8. The van der Waals surface area contributed by atoms with Crippen molar-refractivity contribution in [3.8, 4) is 0 Å². The minimum absolute atomic E-state index is 0.0347. The summed E-state index contributed by atoms with van der Waals surface area (Å²) in [7, 11) is 3.69. The molecule has 21 heavy (non-hydrogen) atoms. The third-order valence-electron chi connectivity index (χ3n) is 3.80. The van der Waals surface area contributed by atoms with Gasteiger partial charge in [-0.2, -0.15) is 0 Å². The molecule has 3 rings (SSSR count). The van der Waals surface area contributed by atoms with Crippen molar-refractivity contribution in [3.63, 3.8) is 0 Å². The first-order valence-corrected chi connectivity index (χ1v) is 8.10. The third-order valence-corrected chi connectivity index (χ3v) is 5.31. The van der Waals surface area contributed by atoms with E-state index in [0.29, 0.717) is 15.1 Å². The number of carbonyl (C=O) groups excluding carboxylic acids is 1. The Kier molecular flexibility index (Phi) is 3.97. The Bertz CT molecular complexity index is 714. The van der Waals surface area contributed by atoms with Crippen LogP contribution in [0.2, 0.25) is 8.67 Å². The molecule has 1 aliphatic heterocycles. The lowest BCUT2D eigenvalue weighted by molar-refractivity contribution is -0.117. The van der Waals surface area contributed by atoms with Crippen LogP contribution in [0.25, 0.3) is 0 Å². The summed E-state index contributed by atoms with van der Waals surface area (Å²) in [6.07, 6.45) is 0.453. The Hall–Kier alpha value is -1.07. The number of hydrogen-bond donors (Lipinski definition) is 1. The highest BCUT2D eigenvalue weighted by atomic mass is 35.5. The molecule has 1 unspecified atom stereocenters. The molecule has 1 N–H and O–H groups in total. The number of amides is 1. The first-order chi connectivity index (χ1) is 10.0. The van der Waals surface area contributed by atoms with Crippen LogP contribution in [0, 0.1) is 0 Å². The molecule has 6 heteroatoms. The van der Waals surface area contributed by atoms with E-state index in [1.54, 1.807) is 11.9 Å². The van der Waals surface area contributed by atoms with Crippen molar-refractivity contribution in [1.29, 1.82) is 0 Å². The van der Waals surface area contributed by atoms with Crippen molar-refractivity contribution in [1.82, 2.24) is 5.32 Å². The molecule has 110 valence electrons. The van der Waals surface area contributed by atoms with E-state index in [-0.39, 0.29) is 11.9 Å². The predicted molar refractivity (Wildman–Crippen MR) is 88.8 cm³/mol. The zero-order valence-electron chi connectivity index (χ0n) is 11.6. The number of halogens is 2. The summed E-state index contributed by atoms with van der Waals surface area (Å²) in [6, 6.07) is 7.94. The van der Waals surface area contributed by atoms with E-state index in [9.17, 15) is 4.79 Å². The maximum Gasteiger partial charge on any atom is 0.231 e. The maximum absolute atomic E-state index is 11.8. The Morgan fingerprint density at radius 3 is 2.71 bits per heavy atom. The second kappa shape index (κ2) is 5.61. The van der Waals surface area contributed by atoms with E-state index in [0.717, 1.165) is 22.4 Å². The number of nitrogens with one attached hydrogen (secondary N) is 1. The second-order valence-corrected chi connectivity index (χ2v) is 7.30. The van der Waals surface area contributed by atoms with E-state index in [1.165, 1.54) is 11.3 Å².